The molecule has 2 unspecified atom stereocenters. The van der Waals surface area contributed by atoms with Crippen molar-refractivity contribution in [3.05, 3.63) is 0 Å². The van der Waals surface area contributed by atoms with E-state index in [1.165, 1.54) is 0 Å². The molecule has 0 radical (unpaired) electrons. The van der Waals surface area contributed by atoms with Crippen LogP contribution in [0.25, 0.3) is 0 Å². The maximum absolute atomic E-state index is 12.3. The van der Waals surface area contributed by atoms with Gasteiger partial charge in [0, 0.05) is 13.6 Å². The summed E-state index contributed by atoms with van der Waals surface area (Å²) < 4.78 is 20.1. The van der Waals surface area contributed by atoms with Gasteiger partial charge in [0.05, 0.1) is 28.6 Å². The first-order valence-electron chi connectivity index (χ1n) is 7.73. The minimum atomic E-state index is -1.32. The lowest BCUT2D eigenvalue weighted by molar-refractivity contribution is 0.0495. The van der Waals surface area contributed by atoms with Crippen LogP contribution in [0.2, 0.25) is 0 Å². The molecule has 0 aromatic heterocycles. The number of alkyl carbamates (subject to hydrolysis) is 1. The van der Waals surface area contributed by atoms with Crippen LogP contribution in [0.5, 0.6) is 0 Å². The van der Waals surface area contributed by atoms with E-state index in [4.69, 9.17) is 4.74 Å². The molecular weight excluding hydrogens is 316 g/mol. The lowest BCUT2D eigenvalue weighted by Gasteiger charge is -2.29. The Hall–Kier alpha value is -1.15. The zero-order valence-corrected chi connectivity index (χ0v) is 16.4. The van der Waals surface area contributed by atoms with Crippen LogP contribution in [-0.2, 0) is 15.7 Å². The molecule has 0 aromatic rings. The van der Waals surface area contributed by atoms with Gasteiger partial charge in [0.25, 0.3) is 0 Å². The largest absolute Gasteiger partial charge is 0.444 e. The van der Waals surface area contributed by atoms with Crippen LogP contribution in [0.4, 0.5) is 4.79 Å². The second kappa shape index (κ2) is 9.22. The van der Waals surface area contributed by atoms with Crippen molar-refractivity contribution in [2.45, 2.75) is 65.0 Å². The third-order valence-corrected chi connectivity index (χ3v) is 4.21. The van der Waals surface area contributed by atoms with Gasteiger partial charge < -0.3 is 15.0 Å². The molecule has 0 bridgehead atoms. The first-order valence-corrected chi connectivity index (χ1v) is 8.88. The first kappa shape index (κ1) is 21.9. The van der Waals surface area contributed by atoms with E-state index in [9.17, 15) is 9.00 Å². The van der Waals surface area contributed by atoms with Crippen LogP contribution in [0.3, 0.4) is 0 Å². The molecule has 7 nitrogen and oxygen atoms in total. The van der Waals surface area contributed by atoms with Gasteiger partial charge in [-0.25, -0.2) is 13.7 Å². The Labute approximate surface area is 142 Å². The number of hydrogen-bond acceptors (Lipinski definition) is 4. The highest BCUT2D eigenvalue weighted by atomic mass is 32.2. The lowest BCUT2D eigenvalue weighted by atomic mass is 10.2. The third-order valence-electron chi connectivity index (χ3n) is 2.60. The smallest absolute Gasteiger partial charge is 0.408 e. The highest BCUT2D eigenvalue weighted by molar-refractivity contribution is 7.84. The fourth-order valence-corrected chi connectivity index (χ4v) is 2.27. The normalized spacial score (nSPS) is 15.3. The average molecular weight is 349 g/mol. The number of nitrogens with zero attached hydrogens (tertiary/aromatic N) is 2. The lowest BCUT2D eigenvalue weighted by Crippen LogP contribution is -2.55. The highest BCUT2D eigenvalue weighted by Crippen LogP contribution is 2.10. The van der Waals surface area contributed by atoms with Crippen molar-refractivity contribution in [1.82, 2.24) is 14.9 Å². The highest BCUT2D eigenvalue weighted by Gasteiger charge is 2.26. The summed E-state index contributed by atoms with van der Waals surface area (Å²) in [5.74, 6) is 0. The Balaban J connectivity index is 4.99. The quantitative estimate of drug-likeness (QED) is 0.418. The molecule has 2 N–H and O–H groups in total. The molecule has 8 heteroatoms. The van der Waals surface area contributed by atoms with Gasteiger partial charge in [-0.05, 0) is 48.5 Å². The molecule has 0 rings (SSSR count). The number of likely N-dealkylation sites (N-methyl/N-ethyl adjacent to an activating group) is 1. The molecule has 2 atom stereocenters. The van der Waals surface area contributed by atoms with Gasteiger partial charge in [-0.3, -0.25) is 4.99 Å². The number of nitrogens with one attached hydrogen (secondary N) is 2. The number of carbonyl (C=O) groups excluding carboxylic acids is 1. The summed E-state index contributed by atoms with van der Waals surface area (Å²) >= 11 is 0. The van der Waals surface area contributed by atoms with Crippen molar-refractivity contribution in [2.75, 3.05) is 20.1 Å². The molecule has 0 aliphatic heterocycles. The molecule has 0 heterocycles. The van der Waals surface area contributed by atoms with E-state index in [0.29, 0.717) is 13.1 Å². The summed E-state index contributed by atoms with van der Waals surface area (Å²) in [6, 6.07) is 0. The van der Waals surface area contributed by atoms with E-state index in [-0.39, 0.29) is 0 Å². The van der Waals surface area contributed by atoms with E-state index in [0.717, 1.165) is 0 Å². The number of ether oxygens (including phenoxy) is 1. The van der Waals surface area contributed by atoms with Crippen LogP contribution < -0.4 is 10.0 Å². The van der Waals surface area contributed by atoms with Crippen LogP contribution >= 0.6 is 0 Å². The van der Waals surface area contributed by atoms with E-state index in [2.05, 4.69) is 15.0 Å². The Morgan fingerprint density at radius 3 is 2.26 bits per heavy atom. The van der Waals surface area contributed by atoms with Crippen molar-refractivity contribution in [1.29, 1.82) is 0 Å². The summed E-state index contributed by atoms with van der Waals surface area (Å²) in [6.07, 6.45) is 0.610. The fourth-order valence-electron chi connectivity index (χ4n) is 1.52. The molecule has 0 spiro atoms. The van der Waals surface area contributed by atoms with E-state index < -0.39 is 33.6 Å². The number of hydrogen-bond donors (Lipinski definition) is 2. The predicted octanol–water partition coefficient (Wildman–Crippen LogP) is 1.87. The second-order valence-corrected chi connectivity index (χ2v) is 9.16. The van der Waals surface area contributed by atoms with E-state index >= 15 is 0 Å². The second-order valence-electron chi connectivity index (χ2n) is 7.16. The van der Waals surface area contributed by atoms with Gasteiger partial charge >= 0.3 is 6.09 Å². The molecule has 0 aliphatic carbocycles. The third kappa shape index (κ3) is 10.3. The van der Waals surface area contributed by atoms with Crippen LogP contribution in [0, 0.1) is 0 Å². The Kier molecular flexibility index (Phi) is 8.76. The van der Waals surface area contributed by atoms with Gasteiger partial charge in [-0.15, -0.1) is 0 Å². The zero-order valence-electron chi connectivity index (χ0n) is 15.6. The van der Waals surface area contributed by atoms with Crippen molar-refractivity contribution >= 4 is 23.4 Å². The number of carbonyl (C=O) groups is 1. The Morgan fingerprint density at radius 1 is 1.30 bits per heavy atom. The van der Waals surface area contributed by atoms with Crippen molar-refractivity contribution in [3.63, 3.8) is 0 Å². The van der Waals surface area contributed by atoms with Gasteiger partial charge in [0.1, 0.15) is 11.8 Å². The Morgan fingerprint density at radius 2 is 1.87 bits per heavy atom. The monoisotopic (exact) mass is 348 g/mol. The average Bonchev–Trinajstić information content (AvgIpc) is 2.34. The number of aliphatic imine (C=N–C) groups is 1. The summed E-state index contributed by atoms with van der Waals surface area (Å²) in [4.78, 5) is 17.9. The molecule has 0 aromatic carbocycles. The van der Waals surface area contributed by atoms with Gasteiger partial charge in [0.2, 0.25) is 0 Å². The van der Waals surface area contributed by atoms with Crippen molar-refractivity contribution in [3.8, 4) is 0 Å². The first-order chi connectivity index (χ1) is 10.4. The minimum absolute atomic E-state index is 0.425. The summed E-state index contributed by atoms with van der Waals surface area (Å²) in [6.45, 7) is 14.1. The molecule has 0 fully saturated rings. The summed E-state index contributed by atoms with van der Waals surface area (Å²) in [5.41, 5.74) is -0.590. The van der Waals surface area contributed by atoms with E-state index in [1.54, 1.807) is 34.2 Å². The minimum Gasteiger partial charge on any atom is -0.444 e. The van der Waals surface area contributed by atoms with Crippen LogP contribution in [0.1, 0.15) is 48.5 Å². The van der Waals surface area contributed by atoms with E-state index in [1.807, 2.05) is 32.6 Å². The van der Waals surface area contributed by atoms with Gasteiger partial charge in [-0.1, -0.05) is 0 Å². The SMILES string of the molecule is CCN(C=NC)CC(NC(=O)OC(C)(C)C)NS(=O)C(C)(C)C. The summed E-state index contributed by atoms with van der Waals surface area (Å²) in [7, 11) is 0.360. The number of rotatable bonds is 7. The van der Waals surface area contributed by atoms with Gasteiger partial charge in [0.15, 0.2) is 0 Å². The molecule has 23 heavy (non-hydrogen) atoms. The van der Waals surface area contributed by atoms with Crippen molar-refractivity contribution < 1.29 is 13.7 Å². The van der Waals surface area contributed by atoms with Crippen LogP contribution in [-0.4, -0.2) is 58.2 Å². The predicted molar refractivity (Wildman–Crippen MR) is 95.9 cm³/mol. The zero-order chi connectivity index (χ0) is 18.3. The Bertz CT molecular complexity index is 427. The molecular formula is C15H32N4O3S. The molecule has 0 saturated carbocycles. The maximum Gasteiger partial charge on any atom is 0.408 e. The fraction of sp³-hybridized carbons (Fsp3) is 0.867. The maximum atomic E-state index is 12.3. The molecule has 0 saturated heterocycles. The topological polar surface area (TPSA) is 83.0 Å². The molecule has 136 valence electrons. The number of amides is 1. The van der Waals surface area contributed by atoms with Gasteiger partial charge in [-0.2, -0.15) is 0 Å². The molecule has 0 aliphatic rings. The van der Waals surface area contributed by atoms with Crippen molar-refractivity contribution in [2.24, 2.45) is 4.99 Å². The molecule has 1 amide bonds. The summed E-state index contributed by atoms with van der Waals surface area (Å²) in [5, 5.41) is 2.73. The standard InChI is InChI=1S/C15H32N4O3S/c1-9-19(11-16-8)10-12(18-23(21)15(5,6)7)17-13(20)22-14(2,3)4/h11-12,18H,9-10H2,1-8H3,(H,17,20). The van der Waals surface area contributed by atoms with Crippen LogP contribution in [0.15, 0.2) is 4.99 Å².